The van der Waals surface area contributed by atoms with Gasteiger partial charge < -0.3 is 0 Å². The van der Waals surface area contributed by atoms with E-state index >= 15 is 0 Å². The van der Waals surface area contributed by atoms with Gasteiger partial charge in [-0.2, -0.15) is 12.6 Å². The minimum atomic E-state index is -0.310. The lowest BCUT2D eigenvalue weighted by molar-refractivity contribution is -0.137. The highest BCUT2D eigenvalue weighted by Crippen LogP contribution is 2.40. The first-order valence-corrected chi connectivity index (χ1v) is 14.3. The molecule has 0 radical (unpaired) electrons. The molecule has 2 atom stereocenters. The molecule has 192 valence electrons. The molecule has 3 aliphatic rings. The van der Waals surface area contributed by atoms with E-state index in [1.54, 1.807) is 17.7 Å². The van der Waals surface area contributed by atoms with Gasteiger partial charge in [0.15, 0.2) is 0 Å². The van der Waals surface area contributed by atoms with Crippen molar-refractivity contribution in [2.24, 2.45) is 0 Å². The highest BCUT2D eigenvalue weighted by atomic mass is 32.1. The Kier molecular flexibility index (Phi) is 6.65. The van der Waals surface area contributed by atoms with Crippen molar-refractivity contribution in [2.45, 2.75) is 63.5 Å². The van der Waals surface area contributed by atoms with E-state index < -0.39 is 0 Å². The van der Waals surface area contributed by atoms with Crippen molar-refractivity contribution < 1.29 is 9.59 Å². The fourth-order valence-corrected chi connectivity index (χ4v) is 7.09. The van der Waals surface area contributed by atoms with Gasteiger partial charge in [0.1, 0.15) is 11.2 Å². The number of nitrogens with one attached hydrogen (secondary N) is 1. The number of nitrogens with zero attached hydrogens (tertiary/aromatic N) is 4. The standard InChI is InChI=1S/C28H31N5O2S2/c1-16(2)23-12-21-25(29-15-30-27(21)37-23)18-7-9-32(10-8-18)13-17-3-4-19-14-33(28(36)20(19)11-17)22-5-6-24(34)31-26(22)35/h3-4,7,11-12,15-16,22,28,36H,5-6,8-10,13-14H2,1-2H3,(H,31,34,35). The fraction of sp³-hybridized carbons (Fsp3) is 0.429. The number of fused-ring (bicyclic) bond motifs is 2. The maximum Gasteiger partial charge on any atom is 0.243 e. The molecule has 5 heterocycles. The molecule has 1 aromatic carbocycles. The van der Waals surface area contributed by atoms with Gasteiger partial charge in [0, 0.05) is 42.9 Å². The van der Waals surface area contributed by atoms with E-state index in [2.05, 4.69) is 69.3 Å². The van der Waals surface area contributed by atoms with Crippen molar-refractivity contribution in [2.75, 3.05) is 13.1 Å². The van der Waals surface area contributed by atoms with E-state index in [1.165, 1.54) is 32.5 Å². The smallest absolute Gasteiger partial charge is 0.243 e. The first-order valence-electron chi connectivity index (χ1n) is 12.9. The second-order valence-corrected chi connectivity index (χ2v) is 12.1. The van der Waals surface area contributed by atoms with Crippen LogP contribution >= 0.6 is 24.0 Å². The minimum Gasteiger partial charge on any atom is -0.295 e. The van der Waals surface area contributed by atoms with Crippen LogP contribution in [0.2, 0.25) is 0 Å². The van der Waals surface area contributed by atoms with Gasteiger partial charge >= 0.3 is 0 Å². The maximum atomic E-state index is 12.4. The Morgan fingerprint density at radius 3 is 2.81 bits per heavy atom. The van der Waals surface area contributed by atoms with Gasteiger partial charge in [0.25, 0.3) is 0 Å². The molecule has 9 heteroatoms. The summed E-state index contributed by atoms with van der Waals surface area (Å²) in [5, 5.41) is 3.51. The molecule has 0 bridgehead atoms. The van der Waals surface area contributed by atoms with Crippen LogP contribution in [0.15, 0.2) is 36.7 Å². The molecule has 0 saturated carbocycles. The van der Waals surface area contributed by atoms with E-state index in [0.717, 1.165) is 36.6 Å². The average Bonchev–Trinajstić information content (AvgIpc) is 3.46. The van der Waals surface area contributed by atoms with Crippen LogP contribution in [-0.4, -0.2) is 50.7 Å². The Bertz CT molecular complexity index is 1410. The number of aromatic nitrogens is 2. The van der Waals surface area contributed by atoms with Crippen LogP contribution in [-0.2, 0) is 22.7 Å². The van der Waals surface area contributed by atoms with Crippen LogP contribution in [0.1, 0.15) is 71.7 Å². The molecular formula is C28H31N5O2S2. The van der Waals surface area contributed by atoms with Crippen LogP contribution in [0.3, 0.4) is 0 Å². The number of rotatable bonds is 5. The normalized spacial score (nSPS) is 23.0. The minimum absolute atomic E-state index is 0.145. The molecule has 3 aromatic rings. The van der Waals surface area contributed by atoms with Gasteiger partial charge in [-0.05, 0) is 47.1 Å². The number of hydrogen-bond donors (Lipinski definition) is 2. The number of benzene rings is 1. The Labute approximate surface area is 226 Å². The quantitative estimate of drug-likeness (QED) is 0.367. The largest absolute Gasteiger partial charge is 0.295 e. The zero-order valence-corrected chi connectivity index (χ0v) is 22.8. The van der Waals surface area contributed by atoms with E-state index in [-0.39, 0.29) is 23.2 Å². The summed E-state index contributed by atoms with van der Waals surface area (Å²) in [6, 6.07) is 8.56. The Hall–Kier alpha value is -2.59. The summed E-state index contributed by atoms with van der Waals surface area (Å²) in [6.07, 6.45) is 5.90. The summed E-state index contributed by atoms with van der Waals surface area (Å²) >= 11 is 6.65. The molecule has 2 unspecified atom stereocenters. The predicted octanol–water partition coefficient (Wildman–Crippen LogP) is 4.65. The second-order valence-electron chi connectivity index (χ2n) is 10.5. The maximum absolute atomic E-state index is 12.4. The van der Waals surface area contributed by atoms with Gasteiger partial charge in [0.2, 0.25) is 11.8 Å². The zero-order chi connectivity index (χ0) is 25.7. The molecule has 37 heavy (non-hydrogen) atoms. The monoisotopic (exact) mass is 533 g/mol. The third-order valence-electron chi connectivity index (χ3n) is 7.69. The molecule has 1 saturated heterocycles. The molecule has 1 N–H and O–H groups in total. The zero-order valence-electron chi connectivity index (χ0n) is 21.1. The molecule has 0 spiro atoms. The summed E-state index contributed by atoms with van der Waals surface area (Å²) < 4.78 is 0. The molecule has 2 amide bonds. The Balaban J connectivity index is 1.14. The summed E-state index contributed by atoms with van der Waals surface area (Å²) in [5.41, 5.74) is 6.01. The number of carbonyl (C=O) groups excluding carboxylic acids is 2. The molecule has 1 fully saturated rings. The van der Waals surface area contributed by atoms with Gasteiger partial charge in [0.05, 0.1) is 17.1 Å². The molecule has 2 aromatic heterocycles. The SMILES string of the molecule is CC(C)c1cc2c(C3=CCN(Cc4ccc5c(c4)C(S)N(C4CCC(=O)NC4=O)C5)CC3)ncnc2s1. The first-order chi connectivity index (χ1) is 17.9. The lowest BCUT2D eigenvalue weighted by Crippen LogP contribution is -2.51. The van der Waals surface area contributed by atoms with Crippen molar-refractivity contribution in [3.63, 3.8) is 0 Å². The Morgan fingerprint density at radius 1 is 1.19 bits per heavy atom. The average molecular weight is 534 g/mol. The summed E-state index contributed by atoms with van der Waals surface area (Å²) in [4.78, 5) is 40.1. The third kappa shape index (κ3) is 4.74. The topological polar surface area (TPSA) is 78.4 Å². The second kappa shape index (κ2) is 9.94. The highest BCUT2D eigenvalue weighted by molar-refractivity contribution is 7.80. The first kappa shape index (κ1) is 24.7. The molecule has 3 aliphatic heterocycles. The summed E-state index contributed by atoms with van der Waals surface area (Å²) in [7, 11) is 0. The van der Waals surface area contributed by atoms with Crippen LogP contribution in [0.5, 0.6) is 0 Å². The van der Waals surface area contributed by atoms with Gasteiger partial charge in [-0.15, -0.1) is 11.3 Å². The fourth-order valence-electron chi connectivity index (χ4n) is 5.61. The van der Waals surface area contributed by atoms with E-state index in [9.17, 15) is 9.59 Å². The van der Waals surface area contributed by atoms with Crippen molar-refractivity contribution in [1.82, 2.24) is 25.1 Å². The number of thiophene rings is 1. The highest BCUT2D eigenvalue weighted by Gasteiger charge is 2.39. The van der Waals surface area contributed by atoms with Crippen LogP contribution in [0.25, 0.3) is 15.8 Å². The van der Waals surface area contributed by atoms with Gasteiger partial charge in [-0.1, -0.05) is 38.1 Å². The molecule has 0 aliphatic carbocycles. The molecule has 6 rings (SSSR count). The van der Waals surface area contributed by atoms with Crippen LogP contribution in [0.4, 0.5) is 0 Å². The Morgan fingerprint density at radius 2 is 2.05 bits per heavy atom. The number of piperidine rings is 1. The van der Waals surface area contributed by atoms with E-state index in [0.29, 0.717) is 25.3 Å². The van der Waals surface area contributed by atoms with Crippen molar-refractivity contribution in [3.05, 3.63) is 63.9 Å². The lowest BCUT2D eigenvalue weighted by atomic mass is 10.0. The van der Waals surface area contributed by atoms with E-state index in [4.69, 9.17) is 12.6 Å². The van der Waals surface area contributed by atoms with Crippen molar-refractivity contribution in [3.8, 4) is 0 Å². The number of imide groups is 1. The number of hydrogen-bond acceptors (Lipinski definition) is 8. The number of thiol groups is 1. The molecular weight excluding hydrogens is 502 g/mol. The number of carbonyl (C=O) groups is 2. The summed E-state index contributed by atoms with van der Waals surface area (Å²) in [5.74, 6) is 0.0979. The third-order valence-corrected chi connectivity index (χ3v) is 9.61. The lowest BCUT2D eigenvalue weighted by Gasteiger charge is -2.32. The molecule has 7 nitrogen and oxygen atoms in total. The predicted molar refractivity (Wildman–Crippen MR) is 149 cm³/mol. The van der Waals surface area contributed by atoms with Crippen molar-refractivity contribution >= 4 is 51.6 Å². The van der Waals surface area contributed by atoms with Gasteiger partial charge in [-0.3, -0.25) is 24.7 Å². The van der Waals surface area contributed by atoms with Crippen LogP contribution < -0.4 is 5.32 Å². The van der Waals surface area contributed by atoms with Gasteiger partial charge in [-0.25, -0.2) is 9.97 Å². The summed E-state index contributed by atoms with van der Waals surface area (Å²) in [6.45, 7) is 7.84. The number of amides is 2. The van der Waals surface area contributed by atoms with E-state index in [1.807, 2.05) is 0 Å². The van der Waals surface area contributed by atoms with Crippen molar-refractivity contribution in [1.29, 1.82) is 0 Å². The van der Waals surface area contributed by atoms with Crippen LogP contribution in [0, 0.1) is 0 Å².